The van der Waals surface area contributed by atoms with Crippen LogP contribution in [0.2, 0.25) is 0 Å². The first-order valence-corrected chi connectivity index (χ1v) is 17.1. The molecule has 4 unspecified atom stereocenters. The summed E-state index contributed by atoms with van der Waals surface area (Å²) in [6.07, 6.45) is 4.06. The van der Waals surface area contributed by atoms with Crippen molar-refractivity contribution in [1.29, 1.82) is 0 Å². The van der Waals surface area contributed by atoms with Crippen LogP contribution in [0.25, 0.3) is 11.3 Å². The lowest BCUT2D eigenvalue weighted by molar-refractivity contribution is -0.370. The summed E-state index contributed by atoms with van der Waals surface area (Å²) in [6, 6.07) is 14.3. The Morgan fingerprint density at radius 3 is 2.60 bits per heavy atom. The maximum atomic E-state index is 13.7. The van der Waals surface area contributed by atoms with E-state index in [2.05, 4.69) is 18.8 Å². The molecule has 0 bridgehead atoms. The number of esters is 1. The van der Waals surface area contributed by atoms with Gasteiger partial charge in [-0.05, 0) is 63.0 Å². The SMILES string of the molecule is CCCC(N)C(=O)O[C@H]1CC2[C@](C)(CC[C@@H]3OC(C)(c4ccccc4)OC[C@@]23C)C2[C@@H](O)c3c(cc(-c4cccnc4)oc3=O)O[C@@]21C. The summed E-state index contributed by atoms with van der Waals surface area (Å²) in [4.78, 5) is 31.3. The van der Waals surface area contributed by atoms with Gasteiger partial charge in [0, 0.05) is 40.9 Å². The van der Waals surface area contributed by atoms with Gasteiger partial charge in [0.15, 0.2) is 5.79 Å². The van der Waals surface area contributed by atoms with Gasteiger partial charge >= 0.3 is 11.6 Å². The number of nitrogens with zero attached hydrogens (tertiary/aromatic N) is 1. The summed E-state index contributed by atoms with van der Waals surface area (Å²) >= 11 is 0. The molecule has 3 N–H and O–H groups in total. The zero-order valence-electron chi connectivity index (χ0n) is 28.3. The van der Waals surface area contributed by atoms with Crippen molar-refractivity contribution in [2.75, 3.05) is 6.61 Å². The molecule has 0 amide bonds. The Labute approximate surface area is 280 Å². The number of fused-ring (bicyclic) bond motifs is 6. The molecule has 1 saturated heterocycles. The Kier molecular flexibility index (Phi) is 8.09. The predicted molar refractivity (Wildman–Crippen MR) is 177 cm³/mol. The second-order valence-corrected chi connectivity index (χ2v) is 15.0. The summed E-state index contributed by atoms with van der Waals surface area (Å²) in [7, 11) is 0. The fourth-order valence-electron chi connectivity index (χ4n) is 9.53. The van der Waals surface area contributed by atoms with E-state index in [-0.39, 0.29) is 29.1 Å². The normalized spacial score (nSPS) is 37.5. The minimum Gasteiger partial charge on any atom is -0.482 e. The number of ether oxygens (including phenoxy) is 4. The number of rotatable bonds is 6. The summed E-state index contributed by atoms with van der Waals surface area (Å²) in [5, 5.41) is 12.3. The van der Waals surface area contributed by atoms with Crippen LogP contribution in [-0.4, -0.2) is 46.5 Å². The highest BCUT2D eigenvalue weighted by molar-refractivity contribution is 5.75. The lowest BCUT2D eigenvalue weighted by Crippen LogP contribution is -2.72. The number of benzene rings is 1. The van der Waals surface area contributed by atoms with Crippen LogP contribution < -0.4 is 16.1 Å². The minimum atomic E-state index is -1.25. The number of nitrogens with two attached hydrogens (primary N) is 1. The first-order chi connectivity index (χ1) is 22.8. The van der Waals surface area contributed by atoms with Crippen molar-refractivity contribution in [3.63, 3.8) is 0 Å². The third-order valence-electron chi connectivity index (χ3n) is 12.0. The molecule has 4 heterocycles. The van der Waals surface area contributed by atoms with Crippen molar-refractivity contribution < 1.29 is 33.3 Å². The van der Waals surface area contributed by atoms with Crippen LogP contribution in [0, 0.1) is 22.7 Å². The van der Waals surface area contributed by atoms with Crippen molar-refractivity contribution in [2.45, 2.75) is 102 Å². The number of pyridine rings is 1. The zero-order chi connectivity index (χ0) is 34.1. The Morgan fingerprint density at radius 2 is 1.90 bits per heavy atom. The smallest absolute Gasteiger partial charge is 0.345 e. The molecular weight excluding hydrogens is 612 g/mol. The molecule has 3 fully saturated rings. The highest BCUT2D eigenvalue weighted by atomic mass is 16.7. The van der Waals surface area contributed by atoms with Crippen LogP contribution in [0.15, 0.2) is 70.1 Å². The van der Waals surface area contributed by atoms with E-state index < -0.39 is 58.0 Å². The number of aromatic nitrogens is 1. The van der Waals surface area contributed by atoms with E-state index in [1.807, 2.05) is 51.1 Å². The largest absolute Gasteiger partial charge is 0.482 e. The predicted octanol–water partition coefficient (Wildman–Crippen LogP) is 5.66. The summed E-state index contributed by atoms with van der Waals surface area (Å²) in [6.45, 7) is 10.6. The molecule has 2 aliphatic heterocycles. The first kappa shape index (κ1) is 33.0. The molecule has 0 radical (unpaired) electrons. The van der Waals surface area contributed by atoms with Crippen molar-refractivity contribution in [3.8, 4) is 17.1 Å². The molecule has 0 spiro atoms. The molecule has 3 aromatic rings. The fraction of sp³-hybridized carbons (Fsp3) is 0.553. The number of hydrogen-bond acceptors (Lipinski definition) is 10. The Morgan fingerprint density at radius 1 is 1.12 bits per heavy atom. The van der Waals surface area contributed by atoms with Gasteiger partial charge in [-0.25, -0.2) is 4.79 Å². The number of aliphatic hydroxyl groups excluding tert-OH is 1. The quantitative estimate of drug-likeness (QED) is 0.319. The van der Waals surface area contributed by atoms with E-state index in [1.54, 1.807) is 30.6 Å². The average Bonchev–Trinajstić information content (AvgIpc) is 3.06. The van der Waals surface area contributed by atoms with Crippen molar-refractivity contribution in [3.05, 3.63) is 82.5 Å². The first-order valence-electron chi connectivity index (χ1n) is 17.1. The highest BCUT2D eigenvalue weighted by Gasteiger charge is 2.71. The van der Waals surface area contributed by atoms with Gasteiger partial charge in [0.2, 0.25) is 0 Å². The van der Waals surface area contributed by atoms with E-state index in [1.165, 1.54) is 0 Å². The molecule has 1 aromatic carbocycles. The molecular formula is C38H46N2O8. The van der Waals surface area contributed by atoms with Gasteiger partial charge in [0.05, 0.1) is 18.8 Å². The van der Waals surface area contributed by atoms with Crippen molar-refractivity contribution in [2.24, 2.45) is 28.4 Å². The average molecular weight is 659 g/mol. The molecule has 48 heavy (non-hydrogen) atoms. The van der Waals surface area contributed by atoms with Crippen LogP contribution in [0.5, 0.6) is 5.75 Å². The van der Waals surface area contributed by atoms with E-state index >= 15 is 0 Å². The van der Waals surface area contributed by atoms with Crippen LogP contribution in [0.1, 0.15) is 84.0 Å². The van der Waals surface area contributed by atoms with Gasteiger partial charge in [-0.3, -0.25) is 9.78 Å². The molecule has 256 valence electrons. The maximum Gasteiger partial charge on any atom is 0.345 e. The van der Waals surface area contributed by atoms with Crippen LogP contribution >= 0.6 is 0 Å². The Bertz CT molecular complexity index is 1730. The topological polar surface area (TPSA) is 143 Å². The Balaban J connectivity index is 1.31. The van der Waals surface area contributed by atoms with Gasteiger partial charge in [-0.1, -0.05) is 57.5 Å². The summed E-state index contributed by atoms with van der Waals surface area (Å²) < 4.78 is 32.4. The monoisotopic (exact) mass is 658 g/mol. The molecule has 2 saturated carbocycles. The molecule has 2 aromatic heterocycles. The zero-order valence-corrected chi connectivity index (χ0v) is 28.3. The Hall–Kier alpha value is -3.57. The van der Waals surface area contributed by atoms with Crippen LogP contribution in [-0.2, 0) is 24.8 Å². The maximum absolute atomic E-state index is 13.7. The third-order valence-corrected chi connectivity index (χ3v) is 12.0. The number of hydrogen-bond donors (Lipinski definition) is 2. The summed E-state index contributed by atoms with van der Waals surface area (Å²) in [5.74, 6) is -1.72. The van der Waals surface area contributed by atoms with E-state index in [0.717, 1.165) is 12.0 Å². The molecule has 10 nitrogen and oxygen atoms in total. The van der Waals surface area contributed by atoms with E-state index in [0.29, 0.717) is 37.9 Å². The minimum absolute atomic E-state index is 0.0693. The highest BCUT2D eigenvalue weighted by Crippen LogP contribution is 2.68. The molecule has 10 heteroatoms. The van der Waals surface area contributed by atoms with Gasteiger partial charge in [0.1, 0.15) is 34.8 Å². The standard InChI is InChI=1S/C38H46N2O8/c1-6-11-24(39)33(42)46-29-19-27-35(2,16-15-28-36(27,3)21-44-38(5,48-28)23-13-8-7-9-14-23)32-31(41)30-26(47-37(29,32)4)18-25(45-34(30)43)22-12-10-17-40-20-22/h7-10,12-14,17-18,20,24,27-29,31-32,41H,6,11,15-16,19,21,39H2,1-5H3/t24?,27?,28-,29-,31-,32?,35-,36-,37+,38?/m0/s1. The lowest BCUT2D eigenvalue weighted by Gasteiger charge is -2.68. The van der Waals surface area contributed by atoms with Gasteiger partial charge in [-0.2, -0.15) is 0 Å². The van der Waals surface area contributed by atoms with Crippen LogP contribution in [0.4, 0.5) is 0 Å². The second-order valence-electron chi connectivity index (χ2n) is 15.0. The number of aliphatic hydroxyl groups is 1. The van der Waals surface area contributed by atoms with Gasteiger partial charge in [-0.15, -0.1) is 0 Å². The molecule has 2 aliphatic carbocycles. The second kappa shape index (κ2) is 11.8. The molecule has 10 atom stereocenters. The number of carbonyl (C=O) groups is 1. The van der Waals surface area contributed by atoms with Crippen molar-refractivity contribution in [1.82, 2.24) is 4.98 Å². The van der Waals surface area contributed by atoms with Gasteiger partial charge in [0.25, 0.3) is 0 Å². The van der Waals surface area contributed by atoms with Crippen LogP contribution in [0.3, 0.4) is 0 Å². The lowest BCUT2D eigenvalue weighted by atomic mass is 9.42. The summed E-state index contributed by atoms with van der Waals surface area (Å²) in [5.41, 5.74) is 4.94. The van der Waals surface area contributed by atoms with Gasteiger partial charge < -0.3 is 34.2 Å². The van der Waals surface area contributed by atoms with E-state index in [9.17, 15) is 14.7 Å². The molecule has 7 rings (SSSR count). The van der Waals surface area contributed by atoms with E-state index in [4.69, 9.17) is 29.1 Å². The fourth-order valence-corrected chi connectivity index (χ4v) is 9.53. The number of carbonyl (C=O) groups excluding carboxylic acids is 1. The third kappa shape index (κ3) is 5.02. The molecule has 4 aliphatic rings. The van der Waals surface area contributed by atoms with Crippen molar-refractivity contribution >= 4 is 5.97 Å².